The summed E-state index contributed by atoms with van der Waals surface area (Å²) in [4.78, 5) is 27.6. The van der Waals surface area contributed by atoms with Gasteiger partial charge >= 0.3 is 0 Å². The summed E-state index contributed by atoms with van der Waals surface area (Å²) >= 11 is 0. The van der Waals surface area contributed by atoms with Crippen molar-refractivity contribution < 1.29 is 9.53 Å². The maximum Gasteiger partial charge on any atom is 0.274 e. The highest BCUT2D eigenvalue weighted by molar-refractivity contribution is 5.92. The average Bonchev–Trinajstić information content (AvgIpc) is 2.77. The van der Waals surface area contributed by atoms with E-state index >= 15 is 0 Å². The smallest absolute Gasteiger partial charge is 0.274 e. The van der Waals surface area contributed by atoms with Crippen LogP contribution in [-0.2, 0) is 0 Å². The van der Waals surface area contributed by atoms with Crippen molar-refractivity contribution in [3.8, 4) is 5.75 Å². The molecule has 1 saturated heterocycles. The summed E-state index contributed by atoms with van der Waals surface area (Å²) in [5, 5.41) is 3.24. The Morgan fingerprint density at radius 3 is 2.41 bits per heavy atom. The number of benzene rings is 1. The Balaban J connectivity index is 1.48. The van der Waals surface area contributed by atoms with Crippen molar-refractivity contribution in [3.05, 3.63) is 42.4 Å². The molecule has 3 rings (SSSR count). The van der Waals surface area contributed by atoms with Crippen molar-refractivity contribution in [3.63, 3.8) is 0 Å². The molecule has 156 valence electrons. The number of hydrogen-bond acceptors (Lipinski definition) is 7. The van der Waals surface area contributed by atoms with Crippen LogP contribution in [0.25, 0.3) is 0 Å². The fourth-order valence-corrected chi connectivity index (χ4v) is 3.26. The largest absolute Gasteiger partial charge is 0.497 e. The first kappa shape index (κ1) is 20.9. The Bertz CT molecular complexity index is 771. The molecule has 0 aliphatic carbocycles. The number of nitrogens with zero attached hydrogens (tertiary/aromatic N) is 5. The summed E-state index contributed by atoms with van der Waals surface area (Å²) in [6.45, 7) is 4.75. The van der Waals surface area contributed by atoms with Crippen LogP contribution in [0.5, 0.6) is 5.75 Å². The molecule has 0 bridgehead atoms. The van der Waals surface area contributed by atoms with Crippen LogP contribution in [0.4, 0.5) is 11.5 Å². The Kier molecular flexibility index (Phi) is 7.24. The minimum atomic E-state index is -0.0639. The zero-order valence-corrected chi connectivity index (χ0v) is 17.5. The van der Waals surface area contributed by atoms with E-state index in [2.05, 4.69) is 39.2 Å². The van der Waals surface area contributed by atoms with E-state index in [1.54, 1.807) is 19.5 Å². The number of rotatable bonds is 8. The third kappa shape index (κ3) is 5.80. The van der Waals surface area contributed by atoms with Crippen molar-refractivity contribution in [1.29, 1.82) is 0 Å². The molecule has 1 aliphatic rings. The van der Waals surface area contributed by atoms with E-state index in [1.165, 1.54) is 0 Å². The van der Waals surface area contributed by atoms with Crippen molar-refractivity contribution in [1.82, 2.24) is 19.8 Å². The van der Waals surface area contributed by atoms with Gasteiger partial charge in [0.15, 0.2) is 0 Å². The second-order valence-electron chi connectivity index (χ2n) is 7.35. The van der Waals surface area contributed by atoms with E-state index in [1.807, 2.05) is 29.2 Å². The van der Waals surface area contributed by atoms with Gasteiger partial charge in [-0.3, -0.25) is 4.79 Å². The summed E-state index contributed by atoms with van der Waals surface area (Å²) in [6, 6.07) is 8.01. The molecule has 1 aliphatic heterocycles. The number of carbonyl (C=O) groups excluding carboxylic acids is 1. The van der Waals surface area contributed by atoms with Gasteiger partial charge in [0.05, 0.1) is 19.5 Å². The lowest BCUT2D eigenvalue weighted by atomic mass is 10.2. The van der Waals surface area contributed by atoms with Gasteiger partial charge in [-0.25, -0.2) is 9.97 Å². The Labute approximate surface area is 172 Å². The molecule has 1 N–H and O–H groups in total. The van der Waals surface area contributed by atoms with E-state index in [0.29, 0.717) is 24.6 Å². The van der Waals surface area contributed by atoms with Crippen LogP contribution < -0.4 is 15.0 Å². The molecule has 8 nitrogen and oxygen atoms in total. The van der Waals surface area contributed by atoms with E-state index in [4.69, 9.17) is 4.74 Å². The van der Waals surface area contributed by atoms with Crippen LogP contribution in [0.15, 0.2) is 36.7 Å². The zero-order valence-electron chi connectivity index (χ0n) is 17.5. The molecule has 1 aromatic heterocycles. The number of ether oxygens (including phenoxy) is 1. The second kappa shape index (κ2) is 10.1. The molecule has 0 radical (unpaired) electrons. The van der Waals surface area contributed by atoms with Gasteiger partial charge in [-0.1, -0.05) is 0 Å². The van der Waals surface area contributed by atoms with E-state index in [9.17, 15) is 4.79 Å². The monoisotopic (exact) mass is 398 g/mol. The van der Waals surface area contributed by atoms with Gasteiger partial charge in [0, 0.05) is 38.4 Å². The molecule has 1 aromatic carbocycles. The van der Waals surface area contributed by atoms with E-state index in [-0.39, 0.29) is 5.91 Å². The number of methoxy groups -OCH3 is 1. The summed E-state index contributed by atoms with van der Waals surface area (Å²) in [6.07, 6.45) is 4.22. The molecule has 2 heterocycles. The van der Waals surface area contributed by atoms with Crippen molar-refractivity contribution in [2.45, 2.75) is 6.42 Å². The van der Waals surface area contributed by atoms with Gasteiger partial charge in [-0.2, -0.15) is 0 Å². The molecular weight excluding hydrogens is 368 g/mol. The quantitative estimate of drug-likeness (QED) is 0.680. The molecule has 0 atom stereocenters. The second-order valence-corrected chi connectivity index (χ2v) is 7.35. The predicted molar refractivity (Wildman–Crippen MR) is 115 cm³/mol. The van der Waals surface area contributed by atoms with Gasteiger partial charge in [-0.05, 0) is 51.3 Å². The maximum absolute atomic E-state index is 12.7. The van der Waals surface area contributed by atoms with Gasteiger partial charge in [-0.15, -0.1) is 0 Å². The van der Waals surface area contributed by atoms with Gasteiger partial charge < -0.3 is 24.8 Å². The number of nitrogens with one attached hydrogen (secondary N) is 1. The number of carbonyl (C=O) groups is 1. The van der Waals surface area contributed by atoms with Gasteiger partial charge in [0.2, 0.25) is 0 Å². The highest BCUT2D eigenvalue weighted by Crippen LogP contribution is 2.21. The van der Waals surface area contributed by atoms with Crippen LogP contribution >= 0.6 is 0 Å². The van der Waals surface area contributed by atoms with Crippen LogP contribution in [0.2, 0.25) is 0 Å². The first-order valence-electron chi connectivity index (χ1n) is 9.96. The topological polar surface area (TPSA) is 73.8 Å². The molecule has 1 fully saturated rings. The SMILES string of the molecule is COc1ccc(N2CCN(C(=O)c3cnc(NCCCN(C)C)cn3)CC2)cc1. The lowest BCUT2D eigenvalue weighted by Crippen LogP contribution is -2.49. The summed E-state index contributed by atoms with van der Waals surface area (Å²) in [5.74, 6) is 1.48. The number of piperazine rings is 1. The van der Waals surface area contributed by atoms with Crippen molar-refractivity contribution in [2.75, 3.05) is 70.7 Å². The normalized spacial score (nSPS) is 14.2. The Morgan fingerprint density at radius 2 is 1.83 bits per heavy atom. The third-order valence-corrected chi connectivity index (χ3v) is 4.96. The van der Waals surface area contributed by atoms with Crippen LogP contribution in [-0.4, -0.2) is 86.1 Å². The Hall–Kier alpha value is -2.87. The van der Waals surface area contributed by atoms with Crippen molar-refractivity contribution in [2.24, 2.45) is 0 Å². The van der Waals surface area contributed by atoms with E-state index < -0.39 is 0 Å². The number of aromatic nitrogens is 2. The molecule has 0 saturated carbocycles. The molecule has 0 unspecified atom stereocenters. The van der Waals surface area contributed by atoms with E-state index in [0.717, 1.165) is 44.0 Å². The standard InChI is InChI=1S/C21H30N6O2/c1-25(2)10-4-9-22-20-16-23-19(15-24-20)21(28)27-13-11-26(12-14-27)17-5-7-18(29-3)8-6-17/h5-8,15-16H,4,9-14H2,1-3H3,(H,22,24). The summed E-state index contributed by atoms with van der Waals surface area (Å²) < 4.78 is 5.21. The fourth-order valence-electron chi connectivity index (χ4n) is 3.26. The number of anilines is 2. The molecule has 1 amide bonds. The molecule has 0 spiro atoms. The summed E-state index contributed by atoms with van der Waals surface area (Å²) in [7, 11) is 5.77. The highest BCUT2D eigenvalue weighted by atomic mass is 16.5. The minimum absolute atomic E-state index is 0.0639. The lowest BCUT2D eigenvalue weighted by Gasteiger charge is -2.36. The lowest BCUT2D eigenvalue weighted by molar-refractivity contribution is 0.0740. The van der Waals surface area contributed by atoms with Crippen LogP contribution in [0, 0.1) is 0 Å². The van der Waals surface area contributed by atoms with Gasteiger partial charge in [0.1, 0.15) is 17.3 Å². The molecular formula is C21H30N6O2. The maximum atomic E-state index is 12.7. The average molecular weight is 399 g/mol. The summed E-state index contributed by atoms with van der Waals surface area (Å²) in [5.41, 5.74) is 1.53. The molecule has 2 aromatic rings. The molecule has 29 heavy (non-hydrogen) atoms. The number of amides is 1. The predicted octanol–water partition coefficient (Wildman–Crippen LogP) is 1.81. The zero-order chi connectivity index (χ0) is 20.6. The Morgan fingerprint density at radius 1 is 1.10 bits per heavy atom. The first-order chi connectivity index (χ1) is 14.1. The highest BCUT2D eigenvalue weighted by Gasteiger charge is 2.23. The minimum Gasteiger partial charge on any atom is -0.497 e. The van der Waals surface area contributed by atoms with Crippen LogP contribution in [0.1, 0.15) is 16.9 Å². The van der Waals surface area contributed by atoms with Crippen LogP contribution in [0.3, 0.4) is 0 Å². The molecule has 8 heteroatoms. The van der Waals surface area contributed by atoms with Crippen molar-refractivity contribution >= 4 is 17.4 Å². The first-order valence-corrected chi connectivity index (χ1v) is 9.96. The van der Waals surface area contributed by atoms with Gasteiger partial charge in [0.25, 0.3) is 5.91 Å². The third-order valence-electron chi connectivity index (χ3n) is 4.96. The number of hydrogen-bond donors (Lipinski definition) is 1. The fraction of sp³-hybridized carbons (Fsp3) is 0.476.